The molecule has 0 aliphatic heterocycles. The Morgan fingerprint density at radius 2 is 1.84 bits per heavy atom. The fourth-order valence-electron chi connectivity index (χ4n) is 5.87. The molecular formula is C31H45N7O4Si. The Labute approximate surface area is 254 Å². The number of ether oxygens (including phenoxy) is 1. The maximum atomic E-state index is 13.8. The fraction of sp³-hybridized carbons (Fsp3) is 0.581. The number of hydrogen-bond donors (Lipinski definition) is 3. The molecule has 5 rings (SSSR count). The van der Waals surface area contributed by atoms with Crippen LogP contribution in [-0.4, -0.2) is 62.2 Å². The SMILES string of the molecule is CCn1nccc1C(=O)NC(C(=O)Nc1ncc(-c2c(C)nn(COCC[Si](C)(C)C)c2C)cc1O)C(C1CC1)C1CC1. The summed E-state index contributed by atoms with van der Waals surface area (Å²) in [5.74, 6) is 0.0851. The molecule has 2 amide bonds. The van der Waals surface area contributed by atoms with Gasteiger partial charge >= 0.3 is 0 Å². The standard InChI is InChI=1S/C31H45N7O4Si/c1-7-37-24(12-13-33-37)30(40)34-28(27(21-8-9-21)22-10-11-22)31(41)35-29-25(39)16-23(17-32-29)26-19(2)36-38(20(26)3)18-42-14-15-43(4,5)6/h12-13,16-17,21-22,27-28,39H,7-11,14-15,18H2,1-6H3,(H,34,40)(H,32,35,41). The summed E-state index contributed by atoms with van der Waals surface area (Å²) < 4.78 is 9.35. The Kier molecular flexibility index (Phi) is 9.07. The highest BCUT2D eigenvalue weighted by atomic mass is 28.3. The third kappa shape index (κ3) is 7.35. The molecule has 3 aromatic rings. The number of nitrogens with one attached hydrogen (secondary N) is 2. The first-order valence-electron chi connectivity index (χ1n) is 15.4. The summed E-state index contributed by atoms with van der Waals surface area (Å²) in [6.45, 7) is 14.4. The van der Waals surface area contributed by atoms with Crippen molar-refractivity contribution in [1.29, 1.82) is 0 Å². The van der Waals surface area contributed by atoms with Crippen LogP contribution in [0.4, 0.5) is 5.82 Å². The molecule has 3 aromatic heterocycles. The number of carbonyl (C=O) groups is 2. The van der Waals surface area contributed by atoms with Gasteiger partial charge in [0.15, 0.2) is 11.6 Å². The molecule has 1 unspecified atom stereocenters. The second-order valence-electron chi connectivity index (χ2n) is 13.2. The van der Waals surface area contributed by atoms with Crippen LogP contribution < -0.4 is 10.6 Å². The zero-order valence-corrected chi connectivity index (χ0v) is 27.2. The molecular weight excluding hydrogens is 562 g/mol. The van der Waals surface area contributed by atoms with Crippen molar-refractivity contribution >= 4 is 25.7 Å². The van der Waals surface area contributed by atoms with Gasteiger partial charge in [0.05, 0.1) is 5.69 Å². The van der Waals surface area contributed by atoms with Crippen LogP contribution in [0.25, 0.3) is 11.1 Å². The van der Waals surface area contributed by atoms with Crippen LogP contribution in [0, 0.1) is 31.6 Å². The van der Waals surface area contributed by atoms with Crippen molar-refractivity contribution in [2.75, 3.05) is 11.9 Å². The summed E-state index contributed by atoms with van der Waals surface area (Å²) in [6.07, 6.45) is 7.45. The number of pyridine rings is 1. The zero-order chi connectivity index (χ0) is 30.9. The summed E-state index contributed by atoms with van der Waals surface area (Å²) >= 11 is 0. The van der Waals surface area contributed by atoms with Crippen LogP contribution in [0.2, 0.25) is 25.7 Å². The van der Waals surface area contributed by atoms with Crippen molar-refractivity contribution in [2.45, 2.75) is 91.5 Å². The van der Waals surface area contributed by atoms with E-state index in [2.05, 4.69) is 45.5 Å². The Morgan fingerprint density at radius 3 is 2.44 bits per heavy atom. The van der Waals surface area contributed by atoms with E-state index in [-0.39, 0.29) is 29.3 Å². The number of rotatable bonds is 14. The molecule has 2 aliphatic carbocycles. The Balaban J connectivity index is 1.32. The van der Waals surface area contributed by atoms with E-state index in [1.165, 1.54) is 0 Å². The van der Waals surface area contributed by atoms with Crippen molar-refractivity contribution in [3.63, 3.8) is 0 Å². The molecule has 11 nitrogen and oxygen atoms in total. The average molecular weight is 608 g/mol. The molecule has 3 heterocycles. The van der Waals surface area contributed by atoms with E-state index in [4.69, 9.17) is 4.74 Å². The monoisotopic (exact) mass is 607 g/mol. The van der Waals surface area contributed by atoms with E-state index in [1.807, 2.05) is 25.5 Å². The minimum Gasteiger partial charge on any atom is -0.504 e. The van der Waals surface area contributed by atoms with Gasteiger partial charge in [-0.1, -0.05) is 19.6 Å². The highest BCUT2D eigenvalue weighted by Crippen LogP contribution is 2.51. The van der Waals surface area contributed by atoms with E-state index >= 15 is 0 Å². The summed E-state index contributed by atoms with van der Waals surface area (Å²) in [6, 6.07) is 3.61. The second kappa shape index (κ2) is 12.6. The van der Waals surface area contributed by atoms with Crippen molar-refractivity contribution < 1.29 is 19.4 Å². The lowest BCUT2D eigenvalue weighted by molar-refractivity contribution is -0.119. The van der Waals surface area contributed by atoms with Crippen LogP contribution in [0.15, 0.2) is 24.5 Å². The lowest BCUT2D eigenvalue weighted by Crippen LogP contribution is -2.50. The molecule has 0 saturated heterocycles. The van der Waals surface area contributed by atoms with Crippen LogP contribution in [0.1, 0.15) is 54.5 Å². The van der Waals surface area contributed by atoms with Crippen LogP contribution in [-0.2, 0) is 22.8 Å². The van der Waals surface area contributed by atoms with E-state index < -0.39 is 14.1 Å². The Bertz CT molecular complexity index is 1460. The molecule has 0 radical (unpaired) electrons. The van der Waals surface area contributed by atoms with Gasteiger partial charge in [-0.05, 0) is 82.4 Å². The third-order valence-electron chi connectivity index (χ3n) is 8.52. The topological polar surface area (TPSA) is 136 Å². The normalized spacial score (nSPS) is 16.0. The molecule has 0 bridgehead atoms. The molecule has 2 saturated carbocycles. The number of hydrogen-bond acceptors (Lipinski definition) is 7. The van der Waals surface area contributed by atoms with Gasteiger partial charge < -0.3 is 20.5 Å². The maximum Gasteiger partial charge on any atom is 0.270 e. The van der Waals surface area contributed by atoms with Crippen molar-refractivity contribution in [3.05, 3.63) is 41.6 Å². The summed E-state index contributed by atoms with van der Waals surface area (Å²) in [5, 5.41) is 25.7. The molecule has 232 valence electrons. The van der Waals surface area contributed by atoms with Crippen LogP contribution in [0.5, 0.6) is 5.75 Å². The molecule has 43 heavy (non-hydrogen) atoms. The molecule has 0 spiro atoms. The number of anilines is 1. The number of aromatic nitrogens is 5. The Morgan fingerprint density at radius 1 is 1.14 bits per heavy atom. The largest absolute Gasteiger partial charge is 0.504 e. The minimum atomic E-state index is -1.18. The maximum absolute atomic E-state index is 13.8. The number of carbonyl (C=O) groups excluding carboxylic acids is 2. The van der Waals surface area contributed by atoms with Gasteiger partial charge in [-0.2, -0.15) is 10.2 Å². The van der Waals surface area contributed by atoms with Gasteiger partial charge in [0.25, 0.3) is 5.91 Å². The molecule has 1 atom stereocenters. The summed E-state index contributed by atoms with van der Waals surface area (Å²) in [4.78, 5) is 31.5. The fourth-order valence-corrected chi connectivity index (χ4v) is 6.63. The van der Waals surface area contributed by atoms with Crippen LogP contribution in [0.3, 0.4) is 0 Å². The van der Waals surface area contributed by atoms with E-state index in [0.717, 1.165) is 48.7 Å². The summed E-state index contributed by atoms with van der Waals surface area (Å²) in [5.41, 5.74) is 3.70. The molecule has 0 aromatic carbocycles. The van der Waals surface area contributed by atoms with Crippen LogP contribution >= 0.6 is 0 Å². The lowest BCUT2D eigenvalue weighted by atomic mass is 9.88. The first kappa shape index (κ1) is 30.9. The summed E-state index contributed by atoms with van der Waals surface area (Å²) in [7, 11) is -1.18. The predicted molar refractivity (Wildman–Crippen MR) is 167 cm³/mol. The van der Waals surface area contributed by atoms with E-state index in [1.54, 1.807) is 29.2 Å². The van der Waals surface area contributed by atoms with Gasteiger partial charge in [0.1, 0.15) is 18.5 Å². The Hall–Kier alpha value is -3.51. The highest BCUT2D eigenvalue weighted by Gasteiger charge is 2.48. The molecule has 2 aliphatic rings. The lowest BCUT2D eigenvalue weighted by Gasteiger charge is -2.27. The highest BCUT2D eigenvalue weighted by molar-refractivity contribution is 6.76. The number of aryl methyl sites for hydroxylation is 2. The molecule has 12 heteroatoms. The van der Waals surface area contributed by atoms with Gasteiger partial charge in [0, 0.05) is 50.4 Å². The third-order valence-corrected chi connectivity index (χ3v) is 10.2. The molecule has 2 fully saturated rings. The second-order valence-corrected chi connectivity index (χ2v) is 18.8. The number of amides is 2. The van der Waals surface area contributed by atoms with Gasteiger partial charge in [-0.3, -0.25) is 14.3 Å². The van der Waals surface area contributed by atoms with Crippen molar-refractivity contribution in [1.82, 2.24) is 29.9 Å². The quantitative estimate of drug-likeness (QED) is 0.174. The van der Waals surface area contributed by atoms with Gasteiger partial charge in [-0.15, -0.1) is 0 Å². The zero-order valence-electron chi connectivity index (χ0n) is 26.2. The first-order chi connectivity index (χ1) is 20.5. The van der Waals surface area contributed by atoms with E-state index in [0.29, 0.717) is 43.0 Å². The smallest absolute Gasteiger partial charge is 0.270 e. The first-order valence-corrected chi connectivity index (χ1v) is 19.1. The number of aromatic hydroxyl groups is 1. The van der Waals surface area contributed by atoms with Gasteiger partial charge in [-0.25, -0.2) is 9.67 Å². The predicted octanol–water partition coefficient (Wildman–Crippen LogP) is 4.97. The van der Waals surface area contributed by atoms with Crippen molar-refractivity contribution in [3.8, 4) is 16.9 Å². The average Bonchev–Trinajstić information content (AvgIpc) is 3.88. The van der Waals surface area contributed by atoms with Gasteiger partial charge in [0.2, 0.25) is 5.91 Å². The molecule has 3 N–H and O–H groups in total. The number of nitrogens with zero attached hydrogens (tertiary/aromatic N) is 5. The minimum absolute atomic E-state index is 0.0486. The van der Waals surface area contributed by atoms with E-state index in [9.17, 15) is 14.7 Å². The van der Waals surface area contributed by atoms with Crippen molar-refractivity contribution in [2.24, 2.45) is 17.8 Å².